The zero-order valence-corrected chi connectivity index (χ0v) is 14.8. The van der Waals surface area contributed by atoms with Crippen LogP contribution in [-0.4, -0.2) is 42.0 Å². The topological polar surface area (TPSA) is 71.8 Å². The minimum atomic E-state index is -0.413. The molecular weight excluding hydrogens is 351 g/mol. The molecule has 2 saturated heterocycles. The Morgan fingerprint density at radius 1 is 1.26 bits per heavy atom. The number of hydrogen-bond donors (Lipinski definition) is 1. The summed E-state index contributed by atoms with van der Waals surface area (Å²) in [6.07, 6.45) is 2.08. The fourth-order valence-electron chi connectivity index (χ4n) is 3.93. The smallest absolute Gasteiger partial charge is 0.227 e. The van der Waals surface area contributed by atoms with E-state index >= 15 is 0 Å². The van der Waals surface area contributed by atoms with E-state index in [0.717, 1.165) is 0 Å². The van der Waals surface area contributed by atoms with Crippen LogP contribution in [0.2, 0.25) is 0 Å². The molecule has 0 unspecified atom stereocenters. The summed E-state index contributed by atoms with van der Waals surface area (Å²) >= 11 is 0. The van der Waals surface area contributed by atoms with Crippen molar-refractivity contribution in [2.45, 2.75) is 31.5 Å². The van der Waals surface area contributed by atoms with Gasteiger partial charge in [-0.25, -0.2) is 4.39 Å². The average Bonchev–Trinajstić information content (AvgIpc) is 3.37. The second kappa shape index (κ2) is 7.52. The van der Waals surface area contributed by atoms with E-state index in [1.54, 1.807) is 35.4 Å². The lowest BCUT2D eigenvalue weighted by Gasteiger charge is -2.22. The number of hydrogen-bond acceptors (Lipinski definition) is 4. The van der Waals surface area contributed by atoms with E-state index < -0.39 is 5.92 Å². The van der Waals surface area contributed by atoms with Crippen LogP contribution in [0.1, 0.15) is 17.7 Å². The molecule has 1 aromatic carbocycles. The van der Waals surface area contributed by atoms with Gasteiger partial charge in [-0.2, -0.15) is 0 Å². The maximum absolute atomic E-state index is 13.4. The second-order valence-corrected chi connectivity index (χ2v) is 6.95. The molecule has 2 aliphatic heterocycles. The Morgan fingerprint density at radius 2 is 2.15 bits per heavy atom. The molecule has 0 spiro atoms. The fraction of sp³-hybridized carbons (Fsp3) is 0.400. The number of rotatable bonds is 5. The van der Waals surface area contributed by atoms with Crippen LogP contribution in [0, 0.1) is 11.7 Å². The highest BCUT2D eigenvalue weighted by Gasteiger charge is 2.50. The first-order valence-corrected chi connectivity index (χ1v) is 9.07. The number of nitrogens with zero attached hydrogens (tertiary/aromatic N) is 1. The largest absolute Gasteiger partial charge is 0.467 e. The molecule has 3 heterocycles. The standard InChI is InChI=1S/C20H21FN2O4/c21-14-4-1-3-13(9-14)10-18(24)23-12-16(19-17(23)6-8-27-19)20(25)22-11-15-5-2-7-26-15/h1-5,7,9,16-17,19H,6,8,10-12H2,(H,22,25)/t16-,17+,19+/m1/s1. The molecule has 0 radical (unpaired) electrons. The van der Waals surface area contributed by atoms with Crippen LogP contribution < -0.4 is 5.32 Å². The lowest BCUT2D eigenvalue weighted by atomic mass is 10.0. The highest BCUT2D eigenvalue weighted by atomic mass is 19.1. The second-order valence-electron chi connectivity index (χ2n) is 6.95. The van der Waals surface area contributed by atoms with Crippen molar-refractivity contribution in [2.75, 3.05) is 13.2 Å². The van der Waals surface area contributed by atoms with Gasteiger partial charge in [-0.05, 0) is 36.2 Å². The van der Waals surface area contributed by atoms with Gasteiger partial charge in [-0.3, -0.25) is 9.59 Å². The van der Waals surface area contributed by atoms with Gasteiger partial charge in [0, 0.05) is 13.2 Å². The van der Waals surface area contributed by atoms with Crippen LogP contribution in [0.4, 0.5) is 4.39 Å². The van der Waals surface area contributed by atoms with Crippen LogP contribution in [0.3, 0.4) is 0 Å². The number of furan rings is 1. The Bertz CT molecular complexity index is 823. The molecule has 6 nitrogen and oxygen atoms in total. The molecule has 3 atom stereocenters. The van der Waals surface area contributed by atoms with E-state index in [-0.39, 0.29) is 36.2 Å². The van der Waals surface area contributed by atoms with E-state index in [4.69, 9.17) is 9.15 Å². The van der Waals surface area contributed by atoms with Crippen molar-refractivity contribution in [1.82, 2.24) is 10.2 Å². The number of ether oxygens (including phenoxy) is 1. The van der Waals surface area contributed by atoms with Gasteiger partial charge in [0.15, 0.2) is 0 Å². The van der Waals surface area contributed by atoms with Gasteiger partial charge in [0.05, 0.1) is 37.3 Å². The summed E-state index contributed by atoms with van der Waals surface area (Å²) in [5, 5.41) is 2.86. The van der Waals surface area contributed by atoms with Gasteiger partial charge in [0.25, 0.3) is 0 Å². The molecule has 0 saturated carbocycles. The zero-order valence-electron chi connectivity index (χ0n) is 14.8. The third-order valence-electron chi connectivity index (χ3n) is 5.21. The summed E-state index contributed by atoms with van der Waals surface area (Å²) in [6.45, 7) is 1.14. The molecule has 1 aromatic heterocycles. The predicted molar refractivity (Wildman–Crippen MR) is 94.0 cm³/mol. The summed E-state index contributed by atoms with van der Waals surface area (Å²) in [5.41, 5.74) is 0.626. The number of amides is 2. The molecule has 27 heavy (non-hydrogen) atoms. The Labute approximate surface area is 156 Å². The summed E-state index contributed by atoms with van der Waals surface area (Å²) < 4.78 is 24.4. The summed E-state index contributed by atoms with van der Waals surface area (Å²) in [5.74, 6) is -0.362. The van der Waals surface area contributed by atoms with Crippen LogP contribution in [0.25, 0.3) is 0 Å². The van der Waals surface area contributed by atoms with Crippen molar-refractivity contribution in [3.63, 3.8) is 0 Å². The van der Waals surface area contributed by atoms with Crippen molar-refractivity contribution in [1.29, 1.82) is 0 Å². The van der Waals surface area contributed by atoms with E-state index in [0.29, 0.717) is 37.4 Å². The normalized spacial score (nSPS) is 24.0. The van der Waals surface area contributed by atoms with Crippen molar-refractivity contribution in [3.8, 4) is 0 Å². The van der Waals surface area contributed by atoms with E-state index in [2.05, 4.69) is 5.32 Å². The number of carbonyl (C=O) groups excluding carboxylic acids is 2. The molecule has 2 amide bonds. The number of carbonyl (C=O) groups is 2. The van der Waals surface area contributed by atoms with Crippen molar-refractivity contribution >= 4 is 11.8 Å². The fourth-order valence-corrected chi connectivity index (χ4v) is 3.93. The highest BCUT2D eigenvalue weighted by Crippen LogP contribution is 2.34. The average molecular weight is 372 g/mol. The summed E-state index contributed by atoms with van der Waals surface area (Å²) in [4.78, 5) is 27.1. The molecule has 1 N–H and O–H groups in total. The van der Waals surface area contributed by atoms with Crippen molar-refractivity contribution in [2.24, 2.45) is 5.92 Å². The van der Waals surface area contributed by atoms with Gasteiger partial charge in [-0.1, -0.05) is 12.1 Å². The zero-order chi connectivity index (χ0) is 18.8. The minimum absolute atomic E-state index is 0.106. The lowest BCUT2D eigenvalue weighted by molar-refractivity contribution is -0.131. The monoisotopic (exact) mass is 372 g/mol. The molecule has 0 aliphatic carbocycles. The van der Waals surface area contributed by atoms with Crippen LogP contribution in [-0.2, 0) is 27.3 Å². The SMILES string of the molecule is O=C(NCc1ccco1)[C@@H]1CN(C(=O)Cc2cccc(F)c2)[C@H]2CCO[C@@H]12. The number of nitrogens with one attached hydrogen (secondary N) is 1. The minimum Gasteiger partial charge on any atom is -0.467 e. The molecule has 2 aliphatic rings. The molecular formula is C20H21FN2O4. The molecule has 2 aromatic rings. The highest BCUT2D eigenvalue weighted by molar-refractivity contribution is 5.84. The van der Waals surface area contributed by atoms with Gasteiger partial charge in [0.1, 0.15) is 11.6 Å². The van der Waals surface area contributed by atoms with Gasteiger partial charge >= 0.3 is 0 Å². The third-order valence-corrected chi connectivity index (χ3v) is 5.21. The Balaban J connectivity index is 1.42. The van der Waals surface area contributed by atoms with E-state index in [9.17, 15) is 14.0 Å². The van der Waals surface area contributed by atoms with Crippen LogP contribution in [0.15, 0.2) is 47.1 Å². The van der Waals surface area contributed by atoms with Crippen LogP contribution >= 0.6 is 0 Å². The van der Waals surface area contributed by atoms with Crippen molar-refractivity contribution in [3.05, 3.63) is 59.8 Å². The maximum Gasteiger partial charge on any atom is 0.227 e. The first-order chi connectivity index (χ1) is 13.1. The summed E-state index contributed by atoms with van der Waals surface area (Å²) in [7, 11) is 0. The molecule has 4 rings (SSSR count). The van der Waals surface area contributed by atoms with Crippen LogP contribution in [0.5, 0.6) is 0 Å². The molecule has 2 fully saturated rings. The number of benzene rings is 1. The first-order valence-electron chi connectivity index (χ1n) is 9.07. The van der Waals surface area contributed by atoms with Gasteiger partial charge in [-0.15, -0.1) is 0 Å². The molecule has 0 bridgehead atoms. The number of likely N-dealkylation sites (tertiary alicyclic amines) is 1. The Hall–Kier alpha value is -2.67. The Kier molecular flexibility index (Phi) is 4.94. The lowest BCUT2D eigenvalue weighted by Crippen LogP contribution is -2.38. The van der Waals surface area contributed by atoms with Gasteiger partial charge in [0.2, 0.25) is 11.8 Å². The van der Waals surface area contributed by atoms with Crippen molar-refractivity contribution < 1.29 is 23.1 Å². The predicted octanol–water partition coefficient (Wildman–Crippen LogP) is 1.89. The quantitative estimate of drug-likeness (QED) is 0.870. The summed E-state index contributed by atoms with van der Waals surface area (Å²) in [6, 6.07) is 9.49. The first kappa shape index (κ1) is 17.7. The Morgan fingerprint density at radius 3 is 2.93 bits per heavy atom. The van der Waals surface area contributed by atoms with Gasteiger partial charge < -0.3 is 19.4 Å². The number of halogens is 1. The van der Waals surface area contributed by atoms with E-state index in [1.165, 1.54) is 12.1 Å². The molecule has 142 valence electrons. The van der Waals surface area contributed by atoms with E-state index in [1.807, 2.05) is 0 Å². The number of fused-ring (bicyclic) bond motifs is 1. The maximum atomic E-state index is 13.4. The molecule has 7 heteroatoms. The third kappa shape index (κ3) is 3.73.